The summed E-state index contributed by atoms with van der Waals surface area (Å²) in [5.41, 5.74) is 2.49. The second kappa shape index (κ2) is 3.39. The van der Waals surface area contributed by atoms with Crippen molar-refractivity contribution < 1.29 is 4.42 Å². The molecule has 0 spiro atoms. The van der Waals surface area contributed by atoms with Gasteiger partial charge < -0.3 is 4.42 Å². The van der Waals surface area contributed by atoms with E-state index in [2.05, 4.69) is 30.3 Å². The van der Waals surface area contributed by atoms with Crippen molar-refractivity contribution in [3.05, 3.63) is 54.6 Å². The topological polar surface area (TPSA) is 13.1 Å². The zero-order valence-electron chi connectivity index (χ0n) is 9.68. The number of furan rings is 1. The molecule has 0 bridgehead atoms. The van der Waals surface area contributed by atoms with Crippen molar-refractivity contribution in [2.45, 2.75) is 0 Å². The van der Waals surface area contributed by atoms with E-state index in [0.717, 1.165) is 22.0 Å². The van der Waals surface area contributed by atoms with E-state index in [1.54, 1.807) is 0 Å². The summed E-state index contributed by atoms with van der Waals surface area (Å²) in [6.07, 6.45) is 0. The molecule has 4 rings (SSSR count). The van der Waals surface area contributed by atoms with Crippen LogP contribution in [0.15, 0.2) is 59.0 Å². The fourth-order valence-electron chi connectivity index (χ4n) is 2.56. The molecule has 4 aromatic rings. The molecule has 1 heterocycles. The third-order valence-corrected chi connectivity index (χ3v) is 3.39. The molecule has 0 aliphatic carbocycles. The Morgan fingerprint density at radius 2 is 1.67 bits per heavy atom. The second-order valence-electron chi connectivity index (χ2n) is 4.52. The van der Waals surface area contributed by atoms with Gasteiger partial charge in [-0.2, -0.15) is 0 Å². The van der Waals surface area contributed by atoms with Gasteiger partial charge in [0.2, 0.25) is 0 Å². The van der Waals surface area contributed by atoms with Crippen molar-refractivity contribution in [1.29, 1.82) is 0 Å². The molecule has 0 N–H and O–H groups in total. The standard InChI is InChI=1S/C16H9BO/c17-11-6-7-13-15(9-11)18-14-8-5-10-3-1-2-4-12(10)16(13)14/h1-9H. The normalized spacial score (nSPS) is 11.6. The average molecular weight is 228 g/mol. The van der Waals surface area contributed by atoms with Crippen LogP contribution in [0.3, 0.4) is 0 Å². The molecule has 3 aromatic carbocycles. The van der Waals surface area contributed by atoms with Gasteiger partial charge in [-0.05, 0) is 22.9 Å². The molecule has 0 fully saturated rings. The van der Waals surface area contributed by atoms with Crippen LogP contribution in [0.2, 0.25) is 0 Å². The Labute approximate surface area is 105 Å². The number of hydrogen-bond donors (Lipinski definition) is 0. The fraction of sp³-hybridized carbons (Fsp3) is 0. The Balaban J connectivity index is 2.33. The predicted octanol–water partition coefficient (Wildman–Crippen LogP) is 3.53. The highest BCUT2D eigenvalue weighted by atomic mass is 16.3. The van der Waals surface area contributed by atoms with Crippen LogP contribution in [-0.2, 0) is 0 Å². The molecule has 0 aliphatic heterocycles. The van der Waals surface area contributed by atoms with Crippen LogP contribution in [0.5, 0.6) is 0 Å². The lowest BCUT2D eigenvalue weighted by Gasteiger charge is -1.98. The summed E-state index contributed by atoms with van der Waals surface area (Å²) in [6.45, 7) is 0. The minimum atomic E-state index is 0.728. The molecule has 82 valence electrons. The summed E-state index contributed by atoms with van der Waals surface area (Å²) in [5, 5.41) is 4.74. The Bertz CT molecular complexity index is 889. The van der Waals surface area contributed by atoms with Crippen LogP contribution >= 0.6 is 0 Å². The van der Waals surface area contributed by atoms with Gasteiger partial charge in [-0.1, -0.05) is 47.9 Å². The van der Waals surface area contributed by atoms with E-state index < -0.39 is 0 Å². The van der Waals surface area contributed by atoms with Crippen molar-refractivity contribution in [1.82, 2.24) is 0 Å². The van der Waals surface area contributed by atoms with Crippen molar-refractivity contribution in [3.63, 3.8) is 0 Å². The SMILES string of the molecule is [B]c1ccc2c(c1)oc1ccc3ccccc3c12. The summed E-state index contributed by atoms with van der Waals surface area (Å²) < 4.78 is 5.86. The van der Waals surface area contributed by atoms with Crippen molar-refractivity contribution in [3.8, 4) is 0 Å². The first kappa shape index (κ1) is 9.78. The summed E-state index contributed by atoms with van der Waals surface area (Å²) in [7, 11) is 5.80. The summed E-state index contributed by atoms with van der Waals surface area (Å²) >= 11 is 0. The Morgan fingerprint density at radius 1 is 0.778 bits per heavy atom. The molecule has 18 heavy (non-hydrogen) atoms. The van der Waals surface area contributed by atoms with E-state index in [1.165, 1.54) is 16.2 Å². The van der Waals surface area contributed by atoms with Gasteiger partial charge in [0.25, 0.3) is 0 Å². The van der Waals surface area contributed by atoms with Crippen LogP contribution in [0.4, 0.5) is 0 Å². The Morgan fingerprint density at radius 3 is 2.61 bits per heavy atom. The second-order valence-corrected chi connectivity index (χ2v) is 4.52. The van der Waals surface area contributed by atoms with E-state index in [4.69, 9.17) is 12.3 Å². The quantitative estimate of drug-likeness (QED) is 0.419. The summed E-state index contributed by atoms with van der Waals surface area (Å²) in [4.78, 5) is 0. The lowest BCUT2D eigenvalue weighted by Crippen LogP contribution is -1.98. The van der Waals surface area contributed by atoms with Crippen molar-refractivity contribution in [2.24, 2.45) is 0 Å². The number of rotatable bonds is 0. The maximum Gasteiger partial charge on any atom is 0.136 e. The van der Waals surface area contributed by atoms with E-state index >= 15 is 0 Å². The lowest BCUT2D eigenvalue weighted by molar-refractivity contribution is 0.669. The highest BCUT2D eigenvalue weighted by Gasteiger charge is 2.09. The van der Waals surface area contributed by atoms with Crippen LogP contribution in [0.25, 0.3) is 32.7 Å². The number of hydrogen-bond acceptors (Lipinski definition) is 1. The van der Waals surface area contributed by atoms with Gasteiger partial charge in [0.05, 0.1) is 0 Å². The van der Waals surface area contributed by atoms with Crippen LogP contribution < -0.4 is 5.46 Å². The van der Waals surface area contributed by atoms with Gasteiger partial charge in [0.1, 0.15) is 19.0 Å². The number of fused-ring (bicyclic) bond motifs is 5. The first-order chi connectivity index (χ1) is 8.83. The van der Waals surface area contributed by atoms with Crippen molar-refractivity contribution >= 4 is 46.0 Å². The highest BCUT2D eigenvalue weighted by Crippen LogP contribution is 2.33. The molecule has 2 radical (unpaired) electrons. The van der Waals surface area contributed by atoms with Gasteiger partial charge in [-0.15, -0.1) is 0 Å². The van der Waals surface area contributed by atoms with Gasteiger partial charge in [0, 0.05) is 10.8 Å². The van der Waals surface area contributed by atoms with Gasteiger partial charge >= 0.3 is 0 Å². The molecule has 0 unspecified atom stereocenters. The zero-order chi connectivity index (χ0) is 12.1. The lowest BCUT2D eigenvalue weighted by atomic mass is 9.95. The third-order valence-electron chi connectivity index (χ3n) is 3.39. The van der Waals surface area contributed by atoms with Gasteiger partial charge in [0.15, 0.2) is 0 Å². The predicted molar refractivity (Wildman–Crippen MR) is 76.6 cm³/mol. The minimum absolute atomic E-state index is 0.728. The van der Waals surface area contributed by atoms with Crippen LogP contribution in [-0.4, -0.2) is 7.85 Å². The fourth-order valence-corrected chi connectivity index (χ4v) is 2.56. The smallest absolute Gasteiger partial charge is 0.136 e. The molecule has 0 saturated carbocycles. The monoisotopic (exact) mass is 228 g/mol. The van der Waals surface area contributed by atoms with Crippen LogP contribution in [0.1, 0.15) is 0 Å². The van der Waals surface area contributed by atoms with Gasteiger partial charge in [-0.3, -0.25) is 0 Å². The molecule has 1 nitrogen and oxygen atoms in total. The van der Waals surface area contributed by atoms with E-state index in [1.807, 2.05) is 24.3 Å². The van der Waals surface area contributed by atoms with E-state index in [9.17, 15) is 0 Å². The molecule has 0 amide bonds. The molecular weight excluding hydrogens is 219 g/mol. The molecular formula is C16H9BO. The molecule has 1 aromatic heterocycles. The third kappa shape index (κ3) is 1.23. The maximum atomic E-state index is 5.86. The average Bonchev–Trinajstić information content (AvgIpc) is 2.76. The van der Waals surface area contributed by atoms with Gasteiger partial charge in [-0.25, -0.2) is 0 Å². The summed E-state index contributed by atoms with van der Waals surface area (Å²) in [6, 6.07) is 18.3. The maximum absolute atomic E-state index is 5.86. The molecule has 0 atom stereocenters. The Hall–Kier alpha value is -2.22. The highest BCUT2D eigenvalue weighted by molar-refractivity contribution is 6.33. The number of benzene rings is 3. The van der Waals surface area contributed by atoms with Crippen LogP contribution in [0, 0.1) is 0 Å². The van der Waals surface area contributed by atoms with E-state index in [-0.39, 0.29) is 0 Å². The first-order valence-corrected chi connectivity index (χ1v) is 5.92. The minimum Gasteiger partial charge on any atom is -0.456 e. The summed E-state index contributed by atoms with van der Waals surface area (Å²) in [5.74, 6) is 0. The van der Waals surface area contributed by atoms with Crippen molar-refractivity contribution in [2.75, 3.05) is 0 Å². The zero-order valence-corrected chi connectivity index (χ0v) is 9.68. The molecule has 2 heteroatoms. The molecule has 0 aliphatic rings. The first-order valence-electron chi connectivity index (χ1n) is 5.92. The molecule has 0 saturated heterocycles. The largest absolute Gasteiger partial charge is 0.456 e. The van der Waals surface area contributed by atoms with E-state index in [0.29, 0.717) is 0 Å². The Kier molecular flexibility index (Phi) is 1.84.